The van der Waals surface area contributed by atoms with Crippen molar-refractivity contribution in [3.05, 3.63) is 74.9 Å². The van der Waals surface area contributed by atoms with Gasteiger partial charge in [-0.05, 0) is 37.6 Å². The Hall–Kier alpha value is -2.57. The Balaban J connectivity index is 1.72. The molecule has 1 aromatic carbocycles. The molecule has 3 rings (SSSR count). The first-order valence-electron chi connectivity index (χ1n) is 7.80. The Morgan fingerprint density at radius 2 is 2.00 bits per heavy atom. The van der Waals surface area contributed by atoms with Gasteiger partial charge in [0.05, 0.1) is 35.8 Å². The standard InChI is InChI=1S/C18H16Cl2N4O2/c1-11-16(9-21-22-18(25)15-7-8-26-12(15)2)17(20)24(23-11)10-13-3-5-14(19)6-4-13/h3-9H,10H2,1-2H3,(H,22,25)/b21-9+. The van der Waals surface area contributed by atoms with Crippen LogP contribution in [0, 0.1) is 13.8 Å². The minimum absolute atomic E-state index is 0.352. The molecule has 2 aromatic heterocycles. The number of furan rings is 1. The fourth-order valence-corrected chi connectivity index (χ4v) is 2.83. The van der Waals surface area contributed by atoms with Crippen molar-refractivity contribution in [3.8, 4) is 0 Å². The van der Waals surface area contributed by atoms with Gasteiger partial charge in [-0.2, -0.15) is 10.2 Å². The highest BCUT2D eigenvalue weighted by Crippen LogP contribution is 2.20. The number of hydrogen-bond donors (Lipinski definition) is 1. The maximum atomic E-state index is 12.0. The molecule has 0 atom stereocenters. The zero-order valence-electron chi connectivity index (χ0n) is 14.2. The summed E-state index contributed by atoms with van der Waals surface area (Å²) in [7, 11) is 0. The molecule has 8 heteroatoms. The zero-order valence-corrected chi connectivity index (χ0v) is 15.7. The Kier molecular flexibility index (Phi) is 5.44. The summed E-state index contributed by atoms with van der Waals surface area (Å²) in [5, 5.41) is 9.51. The minimum atomic E-state index is -0.352. The van der Waals surface area contributed by atoms with E-state index < -0.39 is 0 Å². The number of halogens is 2. The predicted octanol–water partition coefficient (Wildman–Crippen LogP) is 4.21. The largest absolute Gasteiger partial charge is 0.469 e. The van der Waals surface area contributed by atoms with E-state index in [9.17, 15) is 4.79 Å². The van der Waals surface area contributed by atoms with Crippen LogP contribution in [0.3, 0.4) is 0 Å². The molecular formula is C18H16Cl2N4O2. The second-order valence-corrected chi connectivity index (χ2v) is 6.46. The van der Waals surface area contributed by atoms with E-state index in [1.54, 1.807) is 17.7 Å². The molecule has 0 fully saturated rings. The van der Waals surface area contributed by atoms with Crippen LogP contribution in [0.2, 0.25) is 10.2 Å². The van der Waals surface area contributed by atoms with Crippen molar-refractivity contribution in [2.75, 3.05) is 0 Å². The summed E-state index contributed by atoms with van der Waals surface area (Å²) in [5.41, 5.74) is 5.26. The van der Waals surface area contributed by atoms with Gasteiger partial charge >= 0.3 is 0 Å². The van der Waals surface area contributed by atoms with E-state index in [-0.39, 0.29) is 5.91 Å². The zero-order chi connectivity index (χ0) is 18.7. The van der Waals surface area contributed by atoms with Crippen molar-refractivity contribution in [3.63, 3.8) is 0 Å². The van der Waals surface area contributed by atoms with Crippen molar-refractivity contribution < 1.29 is 9.21 Å². The van der Waals surface area contributed by atoms with Crippen molar-refractivity contribution in [1.82, 2.24) is 15.2 Å². The average Bonchev–Trinajstić information content (AvgIpc) is 3.15. The topological polar surface area (TPSA) is 72.4 Å². The molecule has 2 heterocycles. The van der Waals surface area contributed by atoms with Gasteiger partial charge in [0.15, 0.2) is 0 Å². The number of carbonyl (C=O) groups is 1. The summed E-state index contributed by atoms with van der Waals surface area (Å²) in [5.74, 6) is 0.178. The first-order chi connectivity index (χ1) is 12.5. The third kappa shape index (κ3) is 3.98. The number of amides is 1. The third-order valence-corrected chi connectivity index (χ3v) is 4.47. The number of nitrogens with one attached hydrogen (secondary N) is 1. The number of aromatic nitrogens is 2. The van der Waals surface area contributed by atoms with E-state index in [0.717, 1.165) is 5.56 Å². The van der Waals surface area contributed by atoms with Gasteiger partial charge in [-0.25, -0.2) is 10.1 Å². The van der Waals surface area contributed by atoms with Gasteiger partial charge in [0.1, 0.15) is 10.9 Å². The lowest BCUT2D eigenvalue weighted by molar-refractivity contribution is 0.0953. The highest BCUT2D eigenvalue weighted by molar-refractivity contribution is 6.32. The molecule has 1 N–H and O–H groups in total. The number of hydrazone groups is 1. The van der Waals surface area contributed by atoms with E-state index in [1.807, 2.05) is 31.2 Å². The molecule has 6 nitrogen and oxygen atoms in total. The molecule has 0 unspecified atom stereocenters. The molecule has 3 aromatic rings. The molecule has 0 saturated heterocycles. The lowest BCUT2D eigenvalue weighted by atomic mass is 10.2. The highest BCUT2D eigenvalue weighted by Gasteiger charge is 2.13. The van der Waals surface area contributed by atoms with E-state index in [1.165, 1.54) is 12.5 Å². The van der Waals surface area contributed by atoms with Crippen molar-refractivity contribution in [2.45, 2.75) is 20.4 Å². The second-order valence-electron chi connectivity index (χ2n) is 5.66. The molecule has 26 heavy (non-hydrogen) atoms. The molecule has 0 saturated carbocycles. The quantitative estimate of drug-likeness (QED) is 0.523. The van der Waals surface area contributed by atoms with Gasteiger partial charge in [0.2, 0.25) is 0 Å². The normalized spacial score (nSPS) is 11.2. The van der Waals surface area contributed by atoms with E-state index in [0.29, 0.717) is 39.3 Å². The number of aryl methyl sites for hydroxylation is 2. The molecule has 0 aliphatic carbocycles. The van der Waals surface area contributed by atoms with Crippen molar-refractivity contribution in [1.29, 1.82) is 0 Å². The summed E-state index contributed by atoms with van der Waals surface area (Å²) >= 11 is 12.3. The van der Waals surface area contributed by atoms with Gasteiger partial charge in [0, 0.05) is 5.02 Å². The van der Waals surface area contributed by atoms with Gasteiger partial charge in [-0.15, -0.1) is 0 Å². The fourth-order valence-electron chi connectivity index (χ4n) is 2.42. The van der Waals surface area contributed by atoms with Crippen LogP contribution in [-0.2, 0) is 6.54 Å². The summed E-state index contributed by atoms with van der Waals surface area (Å²) in [6, 6.07) is 9.05. The highest BCUT2D eigenvalue weighted by atomic mass is 35.5. The summed E-state index contributed by atoms with van der Waals surface area (Å²) in [6.45, 7) is 4.04. The van der Waals surface area contributed by atoms with E-state index in [4.69, 9.17) is 27.6 Å². The first kappa shape index (κ1) is 18.2. The molecule has 0 spiro atoms. The Bertz CT molecular complexity index is 958. The van der Waals surface area contributed by atoms with Crippen LogP contribution in [0.25, 0.3) is 0 Å². The van der Waals surface area contributed by atoms with Crippen molar-refractivity contribution in [2.24, 2.45) is 5.10 Å². The molecule has 1 amide bonds. The first-order valence-corrected chi connectivity index (χ1v) is 8.56. The predicted molar refractivity (Wildman–Crippen MR) is 101 cm³/mol. The van der Waals surface area contributed by atoms with Crippen LogP contribution in [0.5, 0.6) is 0 Å². The maximum absolute atomic E-state index is 12.0. The summed E-state index contributed by atoms with van der Waals surface area (Å²) in [6.07, 6.45) is 2.94. The van der Waals surface area contributed by atoms with Crippen LogP contribution in [-0.4, -0.2) is 21.9 Å². The molecule has 134 valence electrons. The van der Waals surface area contributed by atoms with Crippen LogP contribution < -0.4 is 5.43 Å². The third-order valence-electron chi connectivity index (χ3n) is 3.82. The summed E-state index contributed by atoms with van der Waals surface area (Å²) < 4.78 is 6.77. The van der Waals surface area contributed by atoms with Gasteiger partial charge in [-0.3, -0.25) is 4.79 Å². The number of carbonyl (C=O) groups excluding carboxylic acids is 1. The Morgan fingerprint density at radius 1 is 1.27 bits per heavy atom. The lowest BCUT2D eigenvalue weighted by Gasteiger charge is -2.03. The Morgan fingerprint density at radius 3 is 2.65 bits per heavy atom. The second kappa shape index (κ2) is 7.76. The minimum Gasteiger partial charge on any atom is -0.469 e. The monoisotopic (exact) mass is 390 g/mol. The van der Waals surface area contributed by atoms with Crippen LogP contribution in [0.4, 0.5) is 0 Å². The SMILES string of the molecule is Cc1nn(Cc2ccc(Cl)cc2)c(Cl)c1/C=N/NC(=O)c1ccoc1C. The van der Waals surface area contributed by atoms with E-state index in [2.05, 4.69) is 15.6 Å². The fraction of sp³-hybridized carbons (Fsp3) is 0.167. The number of benzene rings is 1. The smallest absolute Gasteiger partial charge is 0.274 e. The van der Waals surface area contributed by atoms with Crippen LogP contribution in [0.1, 0.15) is 32.9 Å². The van der Waals surface area contributed by atoms with Crippen molar-refractivity contribution >= 4 is 35.3 Å². The molecule has 0 bridgehead atoms. The maximum Gasteiger partial charge on any atom is 0.274 e. The van der Waals surface area contributed by atoms with Crippen LogP contribution in [0.15, 0.2) is 46.1 Å². The van der Waals surface area contributed by atoms with Gasteiger partial charge in [0.25, 0.3) is 5.91 Å². The number of hydrogen-bond acceptors (Lipinski definition) is 4. The average molecular weight is 391 g/mol. The van der Waals surface area contributed by atoms with Gasteiger partial charge in [-0.1, -0.05) is 35.3 Å². The van der Waals surface area contributed by atoms with Crippen LogP contribution >= 0.6 is 23.2 Å². The molecule has 0 aliphatic rings. The number of nitrogens with zero attached hydrogens (tertiary/aromatic N) is 3. The molecule has 0 aliphatic heterocycles. The van der Waals surface area contributed by atoms with E-state index >= 15 is 0 Å². The number of rotatable bonds is 5. The molecule has 0 radical (unpaired) electrons. The molecular weight excluding hydrogens is 375 g/mol. The summed E-state index contributed by atoms with van der Waals surface area (Å²) in [4.78, 5) is 12.0. The lowest BCUT2D eigenvalue weighted by Crippen LogP contribution is -2.17. The van der Waals surface area contributed by atoms with Gasteiger partial charge < -0.3 is 4.42 Å². The Labute approximate surface area is 160 Å².